The number of aromatic nitrogens is 1. The first kappa shape index (κ1) is 18.1. The Bertz CT molecular complexity index is 880. The van der Waals surface area contributed by atoms with Gasteiger partial charge in [0.25, 0.3) is 0 Å². The molecule has 1 heterocycles. The van der Waals surface area contributed by atoms with Crippen LogP contribution in [-0.4, -0.2) is 18.4 Å². The van der Waals surface area contributed by atoms with Gasteiger partial charge in [-0.1, -0.05) is 46.6 Å². The lowest BCUT2D eigenvalue weighted by atomic mass is 10.2. The number of carbonyl (C=O) groups is 1. The van der Waals surface area contributed by atoms with Crippen molar-refractivity contribution in [2.75, 3.05) is 12.0 Å². The Labute approximate surface area is 159 Å². The molecule has 0 saturated carbocycles. The molecule has 0 bridgehead atoms. The maximum atomic E-state index is 12.3. The van der Waals surface area contributed by atoms with Crippen molar-refractivity contribution < 1.29 is 18.8 Å². The van der Waals surface area contributed by atoms with Crippen LogP contribution < -0.4 is 9.64 Å². The molecule has 0 atom stereocenters. The van der Waals surface area contributed by atoms with E-state index >= 15 is 0 Å². The van der Waals surface area contributed by atoms with E-state index in [0.29, 0.717) is 27.0 Å². The zero-order valence-electron chi connectivity index (χ0n) is 13.7. The van der Waals surface area contributed by atoms with Crippen molar-refractivity contribution in [3.63, 3.8) is 0 Å². The van der Waals surface area contributed by atoms with Crippen LogP contribution in [0.2, 0.25) is 10.0 Å². The van der Waals surface area contributed by atoms with E-state index in [2.05, 4.69) is 5.16 Å². The van der Waals surface area contributed by atoms with E-state index in [4.69, 9.17) is 37.2 Å². The lowest BCUT2D eigenvalue weighted by molar-refractivity contribution is 0.179. The Balaban J connectivity index is 1.93. The van der Waals surface area contributed by atoms with Gasteiger partial charge in [-0.3, -0.25) is 0 Å². The standard InChI is InChI=1S/C18H14Cl2N2O4/c1-24-18(23)22(17-9-10-21-26-17)15-7-2-3-8-16(15)25-11-12-13(19)5-4-6-14(12)20/h2-10H,11H2,1H3. The van der Waals surface area contributed by atoms with Crippen LogP contribution in [0.1, 0.15) is 5.56 Å². The number of para-hydroxylation sites is 2. The van der Waals surface area contributed by atoms with Gasteiger partial charge in [0.1, 0.15) is 12.4 Å². The highest BCUT2D eigenvalue weighted by Gasteiger charge is 2.25. The number of ether oxygens (including phenoxy) is 2. The minimum Gasteiger partial charge on any atom is -0.487 e. The summed E-state index contributed by atoms with van der Waals surface area (Å²) in [6, 6.07) is 13.7. The van der Waals surface area contributed by atoms with Gasteiger partial charge in [0.2, 0.25) is 5.88 Å². The fourth-order valence-corrected chi connectivity index (χ4v) is 2.81. The zero-order valence-corrected chi connectivity index (χ0v) is 15.2. The largest absolute Gasteiger partial charge is 0.487 e. The van der Waals surface area contributed by atoms with Crippen molar-refractivity contribution in [1.82, 2.24) is 5.16 Å². The maximum Gasteiger partial charge on any atom is 0.421 e. The molecule has 3 rings (SSSR count). The van der Waals surface area contributed by atoms with Crippen LogP contribution >= 0.6 is 23.2 Å². The molecule has 0 fully saturated rings. The van der Waals surface area contributed by atoms with Gasteiger partial charge in [-0.15, -0.1) is 0 Å². The van der Waals surface area contributed by atoms with E-state index in [1.165, 1.54) is 18.2 Å². The van der Waals surface area contributed by atoms with Crippen molar-refractivity contribution in [2.45, 2.75) is 6.61 Å². The predicted octanol–water partition coefficient (Wildman–Crippen LogP) is 5.46. The minimum atomic E-state index is -0.645. The molecule has 0 radical (unpaired) electrons. The Hall–Kier alpha value is -2.70. The van der Waals surface area contributed by atoms with Gasteiger partial charge >= 0.3 is 6.09 Å². The second-order valence-electron chi connectivity index (χ2n) is 5.11. The summed E-state index contributed by atoms with van der Waals surface area (Å²) in [5.41, 5.74) is 1.08. The highest BCUT2D eigenvalue weighted by atomic mass is 35.5. The van der Waals surface area contributed by atoms with Crippen LogP contribution in [0.15, 0.2) is 59.3 Å². The first-order chi connectivity index (χ1) is 12.6. The van der Waals surface area contributed by atoms with Gasteiger partial charge in [-0.25, -0.2) is 9.69 Å². The average Bonchev–Trinajstić information content (AvgIpc) is 3.16. The van der Waals surface area contributed by atoms with E-state index < -0.39 is 6.09 Å². The molecular weight excluding hydrogens is 379 g/mol. The first-order valence-corrected chi connectivity index (χ1v) is 8.31. The SMILES string of the molecule is COC(=O)N(c1ccno1)c1ccccc1OCc1c(Cl)cccc1Cl. The smallest absolute Gasteiger partial charge is 0.421 e. The molecular formula is C18H14Cl2N2O4. The summed E-state index contributed by atoms with van der Waals surface area (Å²) in [4.78, 5) is 13.5. The van der Waals surface area contributed by atoms with Crippen LogP contribution in [0.3, 0.4) is 0 Å². The molecule has 2 aromatic carbocycles. The molecule has 0 saturated heterocycles. The number of halogens is 2. The van der Waals surface area contributed by atoms with Crippen molar-refractivity contribution in [3.8, 4) is 5.75 Å². The predicted molar refractivity (Wildman–Crippen MR) is 98.3 cm³/mol. The Kier molecular flexibility index (Phi) is 5.65. The molecule has 1 amide bonds. The molecule has 6 nitrogen and oxygen atoms in total. The molecule has 0 spiro atoms. The molecule has 0 aliphatic rings. The molecule has 0 unspecified atom stereocenters. The number of rotatable bonds is 5. The molecule has 1 aromatic heterocycles. The van der Waals surface area contributed by atoms with Crippen LogP contribution in [0.25, 0.3) is 0 Å². The lowest BCUT2D eigenvalue weighted by Crippen LogP contribution is -2.25. The molecule has 0 N–H and O–H groups in total. The van der Waals surface area contributed by atoms with Crippen molar-refractivity contribution >= 4 is 40.9 Å². The van der Waals surface area contributed by atoms with E-state index in [1.807, 2.05) is 0 Å². The van der Waals surface area contributed by atoms with Gasteiger partial charge in [-0.2, -0.15) is 0 Å². The van der Waals surface area contributed by atoms with Gasteiger partial charge in [0, 0.05) is 21.7 Å². The first-order valence-electron chi connectivity index (χ1n) is 7.55. The molecule has 3 aromatic rings. The zero-order chi connectivity index (χ0) is 18.5. The maximum absolute atomic E-state index is 12.3. The summed E-state index contributed by atoms with van der Waals surface area (Å²) < 4.78 is 15.8. The quantitative estimate of drug-likeness (QED) is 0.576. The summed E-state index contributed by atoms with van der Waals surface area (Å²) >= 11 is 12.4. The fourth-order valence-electron chi connectivity index (χ4n) is 2.31. The normalized spacial score (nSPS) is 10.4. The number of anilines is 2. The van der Waals surface area contributed by atoms with Crippen molar-refractivity contribution in [3.05, 3.63) is 70.3 Å². The third-order valence-corrected chi connectivity index (χ3v) is 4.25. The summed E-state index contributed by atoms with van der Waals surface area (Å²) in [6.45, 7) is 0.126. The number of benzene rings is 2. The molecule has 26 heavy (non-hydrogen) atoms. The van der Waals surface area contributed by atoms with Gasteiger partial charge in [0.15, 0.2) is 0 Å². The number of nitrogens with zero attached hydrogens (tertiary/aromatic N) is 2. The van der Waals surface area contributed by atoms with E-state index in [-0.39, 0.29) is 12.5 Å². The summed E-state index contributed by atoms with van der Waals surface area (Å²) in [6.07, 6.45) is 0.784. The third-order valence-electron chi connectivity index (χ3n) is 3.54. The summed E-state index contributed by atoms with van der Waals surface area (Å²) in [7, 11) is 1.28. The molecule has 134 valence electrons. The monoisotopic (exact) mass is 392 g/mol. The number of methoxy groups -OCH3 is 1. The molecule has 0 aliphatic heterocycles. The average molecular weight is 393 g/mol. The van der Waals surface area contributed by atoms with Gasteiger partial charge in [0.05, 0.1) is 19.0 Å². The number of hydrogen-bond acceptors (Lipinski definition) is 5. The second kappa shape index (κ2) is 8.12. The van der Waals surface area contributed by atoms with Crippen LogP contribution in [0.4, 0.5) is 16.4 Å². The lowest BCUT2D eigenvalue weighted by Gasteiger charge is -2.21. The Morgan fingerprint density at radius 1 is 1.12 bits per heavy atom. The van der Waals surface area contributed by atoms with E-state index in [0.717, 1.165) is 0 Å². The second-order valence-corrected chi connectivity index (χ2v) is 5.93. The van der Waals surface area contributed by atoms with Crippen LogP contribution in [0, 0.1) is 0 Å². The Morgan fingerprint density at radius 2 is 1.85 bits per heavy atom. The van der Waals surface area contributed by atoms with Crippen molar-refractivity contribution in [1.29, 1.82) is 0 Å². The molecule has 0 aliphatic carbocycles. The summed E-state index contributed by atoms with van der Waals surface area (Å²) in [5, 5.41) is 4.62. The van der Waals surface area contributed by atoms with Crippen LogP contribution in [-0.2, 0) is 11.3 Å². The van der Waals surface area contributed by atoms with E-state index in [1.54, 1.807) is 48.5 Å². The number of hydrogen-bond donors (Lipinski definition) is 0. The Morgan fingerprint density at radius 3 is 2.50 bits per heavy atom. The number of amides is 1. The highest BCUT2D eigenvalue weighted by molar-refractivity contribution is 6.35. The van der Waals surface area contributed by atoms with Crippen LogP contribution in [0.5, 0.6) is 5.75 Å². The fraction of sp³-hybridized carbons (Fsp3) is 0.111. The summed E-state index contributed by atoms with van der Waals surface area (Å²) in [5.74, 6) is 0.619. The van der Waals surface area contributed by atoms with Gasteiger partial charge < -0.3 is 14.0 Å². The van der Waals surface area contributed by atoms with Crippen molar-refractivity contribution in [2.24, 2.45) is 0 Å². The third kappa shape index (κ3) is 3.76. The highest BCUT2D eigenvalue weighted by Crippen LogP contribution is 2.35. The van der Waals surface area contributed by atoms with E-state index in [9.17, 15) is 4.79 Å². The minimum absolute atomic E-state index is 0.126. The number of carbonyl (C=O) groups excluding carboxylic acids is 1. The topological polar surface area (TPSA) is 64.8 Å². The molecule has 8 heteroatoms. The van der Waals surface area contributed by atoms with Gasteiger partial charge in [-0.05, 0) is 24.3 Å².